The molecule has 1 aromatic rings. The van der Waals surface area contributed by atoms with Gasteiger partial charge in [0, 0.05) is 11.1 Å². The van der Waals surface area contributed by atoms with Crippen LogP contribution in [0.4, 0.5) is 4.39 Å². The van der Waals surface area contributed by atoms with Crippen LogP contribution in [0.25, 0.3) is 0 Å². The topological polar surface area (TPSA) is 35.2 Å². The van der Waals surface area contributed by atoms with Crippen LogP contribution in [0.2, 0.25) is 0 Å². The number of hydrogen-bond acceptors (Lipinski definition) is 2. The Morgan fingerprint density at radius 1 is 1.44 bits per heavy atom. The third-order valence-corrected chi connectivity index (χ3v) is 3.41. The number of aryl methyl sites for hydroxylation is 1. The van der Waals surface area contributed by atoms with Gasteiger partial charge in [-0.3, -0.25) is 0 Å². The van der Waals surface area contributed by atoms with Crippen LogP contribution in [0.15, 0.2) is 12.1 Å². The molecule has 0 atom stereocenters. The van der Waals surface area contributed by atoms with E-state index in [1.54, 1.807) is 20.1 Å². The lowest BCUT2D eigenvalue weighted by atomic mass is 10.0. The van der Waals surface area contributed by atoms with Crippen molar-refractivity contribution in [2.45, 2.75) is 38.1 Å². The van der Waals surface area contributed by atoms with Gasteiger partial charge in [-0.2, -0.15) is 0 Å². The molecule has 0 radical (unpaired) electrons. The Morgan fingerprint density at radius 2 is 2.12 bits per heavy atom. The molecule has 0 aliphatic heterocycles. The van der Waals surface area contributed by atoms with Gasteiger partial charge >= 0.3 is 0 Å². The molecule has 3 heteroatoms. The zero-order chi connectivity index (χ0) is 11.8. The van der Waals surface area contributed by atoms with Gasteiger partial charge in [0.2, 0.25) is 0 Å². The fraction of sp³-hybridized carbons (Fsp3) is 0.538. The number of halogens is 1. The van der Waals surface area contributed by atoms with Crippen molar-refractivity contribution in [3.8, 4) is 5.75 Å². The fourth-order valence-corrected chi connectivity index (χ4v) is 2.00. The second-order valence-electron chi connectivity index (χ2n) is 4.73. The summed E-state index contributed by atoms with van der Waals surface area (Å²) in [5, 5.41) is 0. The molecule has 0 bridgehead atoms. The van der Waals surface area contributed by atoms with Crippen molar-refractivity contribution in [2.75, 3.05) is 7.11 Å². The minimum absolute atomic E-state index is 0.0350. The van der Waals surface area contributed by atoms with Gasteiger partial charge in [0.1, 0.15) is 11.6 Å². The Balaban J connectivity index is 2.16. The predicted molar refractivity (Wildman–Crippen MR) is 62.2 cm³/mol. The number of rotatable bonds is 4. The third-order valence-electron chi connectivity index (χ3n) is 3.41. The molecule has 1 saturated carbocycles. The van der Waals surface area contributed by atoms with Gasteiger partial charge in [0.25, 0.3) is 0 Å². The van der Waals surface area contributed by atoms with Crippen molar-refractivity contribution in [1.82, 2.24) is 0 Å². The lowest BCUT2D eigenvalue weighted by Crippen LogP contribution is -2.22. The molecule has 0 saturated heterocycles. The molecule has 0 unspecified atom stereocenters. The summed E-state index contributed by atoms with van der Waals surface area (Å²) < 4.78 is 18.6. The maximum Gasteiger partial charge on any atom is 0.129 e. The average molecular weight is 223 g/mol. The first-order valence-corrected chi connectivity index (χ1v) is 5.66. The van der Waals surface area contributed by atoms with Crippen molar-refractivity contribution in [2.24, 2.45) is 5.73 Å². The normalized spacial score (nSPS) is 17.2. The molecule has 0 aromatic heterocycles. The van der Waals surface area contributed by atoms with Crippen LogP contribution in [-0.4, -0.2) is 12.6 Å². The molecule has 16 heavy (non-hydrogen) atoms. The molecule has 0 heterocycles. The Kier molecular flexibility index (Phi) is 2.89. The molecule has 88 valence electrons. The van der Waals surface area contributed by atoms with Gasteiger partial charge in [-0.25, -0.2) is 4.39 Å². The Bertz CT molecular complexity index is 399. The van der Waals surface area contributed by atoms with Crippen molar-refractivity contribution >= 4 is 0 Å². The van der Waals surface area contributed by atoms with E-state index >= 15 is 0 Å². The molecular weight excluding hydrogens is 205 g/mol. The van der Waals surface area contributed by atoms with Crippen LogP contribution in [0.1, 0.15) is 30.4 Å². The second kappa shape index (κ2) is 4.06. The number of methoxy groups -OCH3 is 1. The maximum atomic E-state index is 13.3. The lowest BCUT2D eigenvalue weighted by Gasteiger charge is -2.14. The summed E-state index contributed by atoms with van der Waals surface area (Å²) in [5.74, 6) is 0.457. The first-order valence-electron chi connectivity index (χ1n) is 5.66. The smallest absolute Gasteiger partial charge is 0.129 e. The molecule has 1 fully saturated rings. The molecule has 2 rings (SSSR count). The molecule has 1 aliphatic rings. The van der Waals surface area contributed by atoms with Gasteiger partial charge < -0.3 is 10.5 Å². The Labute approximate surface area is 95.6 Å². The van der Waals surface area contributed by atoms with E-state index in [0.717, 1.165) is 31.2 Å². The largest absolute Gasteiger partial charge is 0.496 e. The molecular formula is C13H18FNO. The highest BCUT2D eigenvalue weighted by atomic mass is 19.1. The van der Waals surface area contributed by atoms with Crippen LogP contribution >= 0.6 is 0 Å². The Morgan fingerprint density at radius 3 is 2.69 bits per heavy atom. The predicted octanol–water partition coefficient (Wildman–Crippen LogP) is 2.57. The molecule has 1 aromatic carbocycles. The second-order valence-corrected chi connectivity index (χ2v) is 4.73. The van der Waals surface area contributed by atoms with E-state index < -0.39 is 0 Å². The lowest BCUT2D eigenvalue weighted by molar-refractivity contribution is 0.400. The minimum Gasteiger partial charge on any atom is -0.496 e. The highest BCUT2D eigenvalue weighted by Gasteiger charge is 2.37. The zero-order valence-electron chi connectivity index (χ0n) is 9.85. The highest BCUT2D eigenvalue weighted by molar-refractivity contribution is 5.42. The summed E-state index contributed by atoms with van der Waals surface area (Å²) in [7, 11) is 1.58. The summed E-state index contributed by atoms with van der Waals surface area (Å²) in [5.41, 5.74) is 7.71. The first-order chi connectivity index (χ1) is 7.56. The standard InChI is InChI=1S/C13H18FNO/c1-9-11(14)4-3-10(12(9)16-2)5-6-13(15)7-8-13/h3-4H,5-8,15H2,1-2H3. The van der Waals surface area contributed by atoms with Gasteiger partial charge in [0.15, 0.2) is 0 Å². The molecule has 2 nitrogen and oxygen atoms in total. The third kappa shape index (κ3) is 2.19. The molecule has 0 amide bonds. The van der Waals surface area contributed by atoms with Crippen LogP contribution in [0.5, 0.6) is 5.75 Å². The SMILES string of the molecule is COc1c(CCC2(N)CC2)ccc(F)c1C. The maximum absolute atomic E-state index is 13.3. The van der Waals surface area contributed by atoms with Crippen LogP contribution in [0.3, 0.4) is 0 Å². The van der Waals surface area contributed by atoms with E-state index in [2.05, 4.69) is 0 Å². The van der Waals surface area contributed by atoms with Crippen LogP contribution < -0.4 is 10.5 Å². The highest BCUT2D eigenvalue weighted by Crippen LogP contribution is 2.38. The van der Waals surface area contributed by atoms with E-state index in [1.807, 2.05) is 0 Å². The van der Waals surface area contributed by atoms with Gasteiger partial charge in [-0.05, 0) is 44.2 Å². The van der Waals surface area contributed by atoms with E-state index in [9.17, 15) is 4.39 Å². The van der Waals surface area contributed by atoms with Crippen molar-refractivity contribution in [1.29, 1.82) is 0 Å². The Hall–Kier alpha value is -1.09. The quantitative estimate of drug-likeness (QED) is 0.851. The van der Waals surface area contributed by atoms with E-state index in [0.29, 0.717) is 11.3 Å². The summed E-state index contributed by atoms with van der Waals surface area (Å²) in [4.78, 5) is 0. The number of nitrogens with two attached hydrogens (primary N) is 1. The van der Waals surface area contributed by atoms with E-state index in [-0.39, 0.29) is 11.4 Å². The molecule has 2 N–H and O–H groups in total. The monoisotopic (exact) mass is 223 g/mol. The van der Waals surface area contributed by atoms with Gasteiger partial charge in [-0.1, -0.05) is 6.07 Å². The van der Waals surface area contributed by atoms with Crippen molar-refractivity contribution in [3.63, 3.8) is 0 Å². The van der Waals surface area contributed by atoms with Gasteiger partial charge in [-0.15, -0.1) is 0 Å². The number of ether oxygens (including phenoxy) is 1. The average Bonchev–Trinajstić information content (AvgIpc) is 2.99. The first kappa shape index (κ1) is 11.4. The van der Waals surface area contributed by atoms with Crippen molar-refractivity contribution in [3.05, 3.63) is 29.1 Å². The fourth-order valence-electron chi connectivity index (χ4n) is 2.00. The van der Waals surface area contributed by atoms with Crippen LogP contribution in [0, 0.1) is 12.7 Å². The summed E-state index contributed by atoms with van der Waals surface area (Å²) in [6, 6.07) is 3.30. The number of benzene rings is 1. The van der Waals surface area contributed by atoms with E-state index in [4.69, 9.17) is 10.5 Å². The summed E-state index contributed by atoms with van der Waals surface area (Å²) in [6.07, 6.45) is 4.03. The molecule has 1 aliphatic carbocycles. The van der Waals surface area contributed by atoms with Crippen molar-refractivity contribution < 1.29 is 9.13 Å². The summed E-state index contributed by atoms with van der Waals surface area (Å²) >= 11 is 0. The zero-order valence-corrected chi connectivity index (χ0v) is 9.85. The van der Waals surface area contributed by atoms with Crippen LogP contribution in [-0.2, 0) is 6.42 Å². The molecule has 0 spiro atoms. The van der Waals surface area contributed by atoms with Gasteiger partial charge in [0.05, 0.1) is 7.11 Å². The number of hydrogen-bond donors (Lipinski definition) is 1. The summed E-state index contributed by atoms with van der Waals surface area (Å²) in [6.45, 7) is 1.74. The minimum atomic E-state index is -0.213. The van der Waals surface area contributed by atoms with E-state index in [1.165, 1.54) is 6.07 Å².